The number of halogens is 1. The van der Waals surface area contributed by atoms with Crippen LogP contribution in [0.3, 0.4) is 0 Å². The Kier molecular flexibility index (Phi) is 3.58. The highest BCUT2D eigenvalue weighted by Gasteiger charge is 2.47. The predicted octanol–water partition coefficient (Wildman–Crippen LogP) is 2.90. The predicted molar refractivity (Wildman–Crippen MR) is 74.4 cm³/mol. The Bertz CT molecular complexity index is 541. The third-order valence-corrected chi connectivity index (χ3v) is 4.84. The fourth-order valence-corrected chi connectivity index (χ4v) is 3.88. The zero-order chi connectivity index (χ0) is 14.3. The van der Waals surface area contributed by atoms with Crippen LogP contribution in [0.4, 0.5) is 0 Å². The average molecular weight is 342 g/mol. The number of carboxylic acid groups (broad SMARTS) is 1. The van der Waals surface area contributed by atoms with Crippen molar-refractivity contribution in [1.29, 1.82) is 0 Å². The van der Waals surface area contributed by atoms with E-state index in [4.69, 9.17) is 4.42 Å². The first-order valence-corrected chi connectivity index (χ1v) is 7.66. The number of hydrogen-bond donors (Lipinski definition) is 1. The van der Waals surface area contributed by atoms with Crippen LogP contribution in [0.1, 0.15) is 42.5 Å². The maximum absolute atomic E-state index is 12.6. The third kappa shape index (κ3) is 2.26. The van der Waals surface area contributed by atoms with E-state index in [2.05, 4.69) is 15.9 Å². The number of furan rings is 1. The van der Waals surface area contributed by atoms with Gasteiger partial charge in [-0.2, -0.15) is 0 Å². The number of carboxylic acids is 1. The van der Waals surface area contributed by atoms with Gasteiger partial charge in [-0.25, -0.2) is 4.79 Å². The summed E-state index contributed by atoms with van der Waals surface area (Å²) in [7, 11) is 0. The van der Waals surface area contributed by atoms with E-state index in [1.165, 1.54) is 6.26 Å². The van der Waals surface area contributed by atoms with Gasteiger partial charge in [-0.3, -0.25) is 4.79 Å². The van der Waals surface area contributed by atoms with Crippen LogP contribution in [0.25, 0.3) is 0 Å². The molecule has 0 bridgehead atoms. The fourth-order valence-electron chi connectivity index (χ4n) is 3.54. The number of hydrogen-bond acceptors (Lipinski definition) is 3. The molecule has 3 atom stereocenters. The molecule has 3 rings (SSSR count). The van der Waals surface area contributed by atoms with Crippen LogP contribution in [0.5, 0.6) is 0 Å². The molecule has 0 radical (unpaired) electrons. The van der Waals surface area contributed by atoms with Crippen LogP contribution in [-0.4, -0.2) is 34.0 Å². The van der Waals surface area contributed by atoms with Crippen molar-refractivity contribution in [3.05, 3.63) is 22.6 Å². The SMILES string of the molecule is O=C(O)[C@@H]1C[C@@H]2CCCC[C@@H]2N1C(=O)c1coc(Br)c1. The Labute approximate surface area is 125 Å². The Balaban J connectivity index is 1.90. The molecular formula is C14H16BrNO4. The summed E-state index contributed by atoms with van der Waals surface area (Å²) in [4.78, 5) is 25.7. The van der Waals surface area contributed by atoms with Crippen molar-refractivity contribution in [2.24, 2.45) is 5.92 Å². The van der Waals surface area contributed by atoms with Crippen LogP contribution in [0.15, 0.2) is 21.4 Å². The van der Waals surface area contributed by atoms with Gasteiger partial charge in [0.1, 0.15) is 12.3 Å². The molecule has 1 aromatic rings. The topological polar surface area (TPSA) is 70.8 Å². The third-order valence-electron chi connectivity index (χ3n) is 4.42. The second-order valence-electron chi connectivity index (χ2n) is 5.55. The minimum absolute atomic E-state index is 0.0611. The van der Waals surface area contributed by atoms with E-state index < -0.39 is 12.0 Å². The molecular weight excluding hydrogens is 326 g/mol. The summed E-state index contributed by atoms with van der Waals surface area (Å²) in [5, 5.41) is 9.41. The molecule has 1 saturated heterocycles. The number of carbonyl (C=O) groups is 2. The summed E-state index contributed by atoms with van der Waals surface area (Å²) in [5.74, 6) is -0.819. The smallest absolute Gasteiger partial charge is 0.326 e. The quantitative estimate of drug-likeness (QED) is 0.897. The van der Waals surface area contributed by atoms with E-state index in [1.54, 1.807) is 11.0 Å². The Hall–Kier alpha value is -1.30. The summed E-state index contributed by atoms with van der Waals surface area (Å²) >= 11 is 3.17. The highest BCUT2D eigenvalue weighted by atomic mass is 79.9. The first kappa shape index (κ1) is 13.7. The number of rotatable bonds is 2. The molecule has 0 unspecified atom stereocenters. The Morgan fingerprint density at radius 3 is 2.75 bits per heavy atom. The molecule has 5 nitrogen and oxygen atoms in total. The first-order chi connectivity index (χ1) is 9.58. The van der Waals surface area contributed by atoms with Crippen molar-refractivity contribution in [3.63, 3.8) is 0 Å². The molecule has 1 aromatic heterocycles. The zero-order valence-electron chi connectivity index (χ0n) is 10.9. The largest absolute Gasteiger partial charge is 0.480 e. The minimum Gasteiger partial charge on any atom is -0.480 e. The average Bonchev–Trinajstić information content (AvgIpc) is 3.01. The van der Waals surface area contributed by atoms with Gasteiger partial charge in [-0.1, -0.05) is 12.8 Å². The molecule has 0 spiro atoms. The van der Waals surface area contributed by atoms with Crippen molar-refractivity contribution in [2.45, 2.75) is 44.2 Å². The highest BCUT2D eigenvalue weighted by Crippen LogP contribution is 2.40. The van der Waals surface area contributed by atoms with Crippen LogP contribution in [0, 0.1) is 5.92 Å². The van der Waals surface area contributed by atoms with Crippen molar-refractivity contribution < 1.29 is 19.1 Å². The van der Waals surface area contributed by atoms with Gasteiger partial charge in [0, 0.05) is 12.1 Å². The molecule has 2 fully saturated rings. The van der Waals surface area contributed by atoms with Gasteiger partial charge in [0.25, 0.3) is 5.91 Å². The molecule has 108 valence electrons. The lowest BCUT2D eigenvalue weighted by Gasteiger charge is -2.32. The van der Waals surface area contributed by atoms with Crippen molar-refractivity contribution >= 4 is 27.8 Å². The fraction of sp³-hybridized carbons (Fsp3) is 0.571. The molecule has 1 N–H and O–H groups in total. The Morgan fingerprint density at radius 2 is 2.10 bits per heavy atom. The van der Waals surface area contributed by atoms with Crippen molar-refractivity contribution in [3.8, 4) is 0 Å². The van der Waals surface area contributed by atoms with Crippen molar-refractivity contribution in [1.82, 2.24) is 4.90 Å². The lowest BCUT2D eigenvalue weighted by Crippen LogP contribution is -2.46. The summed E-state index contributed by atoms with van der Waals surface area (Å²) in [6, 6.07) is 0.951. The maximum atomic E-state index is 12.6. The highest BCUT2D eigenvalue weighted by molar-refractivity contribution is 9.10. The van der Waals surface area contributed by atoms with Gasteiger partial charge in [-0.15, -0.1) is 0 Å². The van der Waals surface area contributed by atoms with Gasteiger partial charge in [0.05, 0.1) is 5.56 Å². The number of aliphatic carboxylic acids is 1. The number of carbonyl (C=O) groups excluding carboxylic acids is 1. The summed E-state index contributed by atoms with van der Waals surface area (Å²) in [6.07, 6.45) is 6.07. The molecule has 0 aromatic carbocycles. The van der Waals surface area contributed by atoms with E-state index in [0.717, 1.165) is 25.7 Å². The number of likely N-dealkylation sites (tertiary alicyclic amines) is 1. The van der Waals surface area contributed by atoms with E-state index in [9.17, 15) is 14.7 Å². The molecule has 1 aliphatic carbocycles. The molecule has 20 heavy (non-hydrogen) atoms. The lowest BCUT2D eigenvalue weighted by atomic mass is 9.84. The molecule has 1 amide bonds. The molecule has 1 aliphatic heterocycles. The number of fused-ring (bicyclic) bond motifs is 1. The van der Waals surface area contributed by atoms with E-state index >= 15 is 0 Å². The minimum atomic E-state index is -0.907. The molecule has 2 aliphatic rings. The van der Waals surface area contributed by atoms with Gasteiger partial charge < -0.3 is 14.4 Å². The standard InChI is InChI=1S/C14H16BrNO4/c15-12-6-9(7-20-12)13(17)16-10-4-2-1-3-8(10)5-11(16)14(18)19/h6-8,10-11H,1-5H2,(H,18,19)/t8-,10-,11-/m0/s1. The van der Waals surface area contributed by atoms with Gasteiger partial charge in [-0.05, 0) is 41.1 Å². The first-order valence-electron chi connectivity index (χ1n) is 6.87. The van der Waals surface area contributed by atoms with Crippen LogP contribution >= 0.6 is 15.9 Å². The molecule has 1 saturated carbocycles. The zero-order valence-corrected chi connectivity index (χ0v) is 12.5. The second kappa shape index (κ2) is 5.24. The molecule has 2 heterocycles. The Morgan fingerprint density at radius 1 is 1.35 bits per heavy atom. The monoisotopic (exact) mass is 341 g/mol. The molecule has 6 heteroatoms. The maximum Gasteiger partial charge on any atom is 0.326 e. The van der Waals surface area contributed by atoms with E-state index in [-0.39, 0.29) is 11.9 Å². The lowest BCUT2D eigenvalue weighted by molar-refractivity contribution is -0.141. The van der Waals surface area contributed by atoms with Gasteiger partial charge in [0.15, 0.2) is 4.67 Å². The van der Waals surface area contributed by atoms with Crippen molar-refractivity contribution in [2.75, 3.05) is 0 Å². The summed E-state index contributed by atoms with van der Waals surface area (Å²) in [5.41, 5.74) is 0.411. The second-order valence-corrected chi connectivity index (χ2v) is 6.34. The van der Waals surface area contributed by atoms with Gasteiger partial charge in [0.2, 0.25) is 0 Å². The normalized spacial score (nSPS) is 29.2. The van der Waals surface area contributed by atoms with E-state index in [1.807, 2.05) is 0 Å². The van der Waals surface area contributed by atoms with Crippen LogP contribution < -0.4 is 0 Å². The number of nitrogens with zero attached hydrogens (tertiary/aromatic N) is 1. The van der Waals surface area contributed by atoms with Gasteiger partial charge >= 0.3 is 5.97 Å². The number of amides is 1. The van der Waals surface area contributed by atoms with Crippen LogP contribution in [0.2, 0.25) is 0 Å². The summed E-state index contributed by atoms with van der Waals surface area (Å²) in [6.45, 7) is 0. The van der Waals surface area contributed by atoms with E-state index in [0.29, 0.717) is 22.6 Å². The van der Waals surface area contributed by atoms with Crippen LogP contribution in [-0.2, 0) is 4.79 Å². The summed E-state index contributed by atoms with van der Waals surface area (Å²) < 4.78 is 5.58.